The molecule has 4 nitrogen and oxygen atoms in total. The lowest BCUT2D eigenvalue weighted by molar-refractivity contribution is 0.0245. The molecular weight excluding hydrogens is 254 g/mol. The molecule has 1 aromatic rings. The third kappa shape index (κ3) is 3.07. The van der Waals surface area contributed by atoms with Gasteiger partial charge in [-0.15, -0.1) is 0 Å². The first kappa shape index (κ1) is 13.7. The highest BCUT2D eigenvalue weighted by atomic mass is 16.5. The van der Waals surface area contributed by atoms with Crippen molar-refractivity contribution in [2.24, 2.45) is 0 Å². The number of benzene rings is 1. The molecule has 0 bridgehead atoms. The number of rotatable bonds is 4. The molecular formula is C16H23NO3. The molecule has 0 spiro atoms. The van der Waals surface area contributed by atoms with E-state index in [1.54, 1.807) is 7.11 Å². The first-order valence-electron chi connectivity index (χ1n) is 7.50. The SMILES string of the molecule is COc1ccc(C2CCNC2)cc1OC1CCOCC1. The Balaban J connectivity index is 1.76. The maximum absolute atomic E-state index is 6.15. The summed E-state index contributed by atoms with van der Waals surface area (Å²) in [6.07, 6.45) is 3.36. The van der Waals surface area contributed by atoms with Crippen LogP contribution in [0.15, 0.2) is 18.2 Å². The van der Waals surface area contributed by atoms with Crippen molar-refractivity contribution >= 4 is 0 Å². The van der Waals surface area contributed by atoms with Gasteiger partial charge in [-0.25, -0.2) is 0 Å². The second-order valence-electron chi connectivity index (χ2n) is 5.53. The van der Waals surface area contributed by atoms with Gasteiger partial charge in [-0.05, 0) is 36.6 Å². The summed E-state index contributed by atoms with van der Waals surface area (Å²) in [7, 11) is 1.70. The van der Waals surface area contributed by atoms with E-state index in [-0.39, 0.29) is 6.10 Å². The van der Waals surface area contributed by atoms with Gasteiger partial charge in [-0.2, -0.15) is 0 Å². The van der Waals surface area contributed by atoms with Crippen LogP contribution in [0.4, 0.5) is 0 Å². The standard InChI is InChI=1S/C16H23NO3/c1-18-15-3-2-12(13-4-7-17-11-13)10-16(15)20-14-5-8-19-9-6-14/h2-3,10,13-14,17H,4-9,11H2,1H3. The van der Waals surface area contributed by atoms with Gasteiger partial charge in [-0.1, -0.05) is 6.07 Å². The zero-order chi connectivity index (χ0) is 13.8. The van der Waals surface area contributed by atoms with E-state index in [1.807, 2.05) is 6.07 Å². The molecule has 1 aromatic carbocycles. The number of nitrogens with one attached hydrogen (secondary N) is 1. The van der Waals surface area contributed by atoms with Crippen molar-refractivity contribution in [1.82, 2.24) is 5.32 Å². The van der Waals surface area contributed by atoms with E-state index in [9.17, 15) is 0 Å². The molecule has 1 N–H and O–H groups in total. The smallest absolute Gasteiger partial charge is 0.161 e. The molecule has 2 aliphatic heterocycles. The van der Waals surface area contributed by atoms with Gasteiger partial charge in [0.2, 0.25) is 0 Å². The Morgan fingerprint density at radius 1 is 1.15 bits per heavy atom. The van der Waals surface area contributed by atoms with Crippen LogP contribution in [0.2, 0.25) is 0 Å². The van der Waals surface area contributed by atoms with Crippen LogP contribution in [0, 0.1) is 0 Å². The Kier molecular flexibility index (Phi) is 4.43. The van der Waals surface area contributed by atoms with E-state index < -0.39 is 0 Å². The summed E-state index contributed by atoms with van der Waals surface area (Å²) in [6, 6.07) is 6.35. The summed E-state index contributed by atoms with van der Waals surface area (Å²) in [4.78, 5) is 0. The monoisotopic (exact) mass is 277 g/mol. The fraction of sp³-hybridized carbons (Fsp3) is 0.625. The minimum atomic E-state index is 0.245. The Hall–Kier alpha value is -1.26. The molecule has 110 valence electrons. The molecule has 0 amide bonds. The lowest BCUT2D eigenvalue weighted by atomic mass is 9.98. The maximum Gasteiger partial charge on any atom is 0.161 e. The van der Waals surface area contributed by atoms with Crippen LogP contribution < -0.4 is 14.8 Å². The molecule has 0 radical (unpaired) electrons. The Morgan fingerprint density at radius 3 is 2.70 bits per heavy atom. The van der Waals surface area contributed by atoms with Crippen molar-refractivity contribution in [3.63, 3.8) is 0 Å². The Labute approximate surface area is 120 Å². The molecule has 2 fully saturated rings. The van der Waals surface area contributed by atoms with Gasteiger partial charge in [0, 0.05) is 19.4 Å². The van der Waals surface area contributed by atoms with E-state index in [2.05, 4.69) is 17.4 Å². The predicted molar refractivity (Wildman–Crippen MR) is 77.7 cm³/mol. The molecule has 0 saturated carbocycles. The highest BCUT2D eigenvalue weighted by Gasteiger charge is 2.21. The van der Waals surface area contributed by atoms with Gasteiger partial charge in [0.1, 0.15) is 6.10 Å². The van der Waals surface area contributed by atoms with Crippen LogP contribution in [-0.2, 0) is 4.74 Å². The largest absolute Gasteiger partial charge is 0.493 e. The molecule has 2 heterocycles. The fourth-order valence-electron chi connectivity index (χ4n) is 2.95. The third-order valence-electron chi connectivity index (χ3n) is 4.18. The van der Waals surface area contributed by atoms with Gasteiger partial charge < -0.3 is 19.5 Å². The lowest BCUT2D eigenvalue weighted by Crippen LogP contribution is -2.26. The second-order valence-corrected chi connectivity index (χ2v) is 5.53. The number of hydrogen-bond acceptors (Lipinski definition) is 4. The van der Waals surface area contributed by atoms with Crippen LogP contribution in [0.1, 0.15) is 30.7 Å². The van der Waals surface area contributed by atoms with E-state index in [0.717, 1.165) is 50.6 Å². The molecule has 3 rings (SSSR count). The van der Waals surface area contributed by atoms with Crippen LogP contribution in [-0.4, -0.2) is 39.5 Å². The number of methoxy groups -OCH3 is 1. The van der Waals surface area contributed by atoms with Crippen LogP contribution in [0.5, 0.6) is 11.5 Å². The van der Waals surface area contributed by atoms with Gasteiger partial charge in [0.05, 0.1) is 20.3 Å². The first-order chi connectivity index (χ1) is 9.86. The summed E-state index contributed by atoms with van der Waals surface area (Å²) in [5.41, 5.74) is 1.35. The molecule has 20 heavy (non-hydrogen) atoms. The van der Waals surface area contributed by atoms with E-state index in [0.29, 0.717) is 5.92 Å². The van der Waals surface area contributed by atoms with Crippen LogP contribution >= 0.6 is 0 Å². The van der Waals surface area contributed by atoms with E-state index in [1.165, 1.54) is 12.0 Å². The molecule has 4 heteroatoms. The summed E-state index contributed by atoms with van der Waals surface area (Å²) in [5.74, 6) is 2.30. The second kappa shape index (κ2) is 6.46. The predicted octanol–water partition coefficient (Wildman–Crippen LogP) is 2.33. The minimum Gasteiger partial charge on any atom is -0.493 e. The molecule has 0 aliphatic carbocycles. The first-order valence-corrected chi connectivity index (χ1v) is 7.50. The van der Waals surface area contributed by atoms with Crippen molar-refractivity contribution < 1.29 is 14.2 Å². The summed E-state index contributed by atoms with van der Waals surface area (Å²) in [6.45, 7) is 3.74. The van der Waals surface area contributed by atoms with Gasteiger partial charge >= 0.3 is 0 Å². The van der Waals surface area contributed by atoms with Crippen molar-refractivity contribution in [2.45, 2.75) is 31.3 Å². The highest BCUT2D eigenvalue weighted by molar-refractivity contribution is 5.44. The summed E-state index contributed by atoms with van der Waals surface area (Å²) in [5, 5.41) is 3.41. The molecule has 2 saturated heterocycles. The average molecular weight is 277 g/mol. The van der Waals surface area contributed by atoms with Gasteiger partial charge in [0.15, 0.2) is 11.5 Å². The summed E-state index contributed by atoms with van der Waals surface area (Å²) < 4.78 is 17.0. The third-order valence-corrected chi connectivity index (χ3v) is 4.18. The molecule has 1 unspecified atom stereocenters. The number of hydrogen-bond donors (Lipinski definition) is 1. The van der Waals surface area contributed by atoms with E-state index in [4.69, 9.17) is 14.2 Å². The van der Waals surface area contributed by atoms with Gasteiger partial charge in [-0.3, -0.25) is 0 Å². The molecule has 2 aliphatic rings. The van der Waals surface area contributed by atoms with Crippen LogP contribution in [0.3, 0.4) is 0 Å². The maximum atomic E-state index is 6.15. The Morgan fingerprint density at radius 2 is 2.00 bits per heavy atom. The Bertz CT molecular complexity index is 437. The van der Waals surface area contributed by atoms with Crippen molar-refractivity contribution in [3.05, 3.63) is 23.8 Å². The topological polar surface area (TPSA) is 39.7 Å². The molecule has 1 atom stereocenters. The van der Waals surface area contributed by atoms with Gasteiger partial charge in [0.25, 0.3) is 0 Å². The number of ether oxygens (including phenoxy) is 3. The average Bonchev–Trinajstić information content (AvgIpc) is 3.02. The lowest BCUT2D eigenvalue weighted by Gasteiger charge is -2.25. The minimum absolute atomic E-state index is 0.245. The fourth-order valence-corrected chi connectivity index (χ4v) is 2.95. The van der Waals surface area contributed by atoms with Crippen molar-refractivity contribution in [3.8, 4) is 11.5 Å². The zero-order valence-corrected chi connectivity index (χ0v) is 12.1. The quantitative estimate of drug-likeness (QED) is 0.917. The van der Waals surface area contributed by atoms with Crippen LogP contribution in [0.25, 0.3) is 0 Å². The summed E-state index contributed by atoms with van der Waals surface area (Å²) >= 11 is 0. The normalized spacial score (nSPS) is 23.8. The van der Waals surface area contributed by atoms with Crippen molar-refractivity contribution in [2.75, 3.05) is 33.4 Å². The zero-order valence-electron chi connectivity index (χ0n) is 12.1. The van der Waals surface area contributed by atoms with Crippen molar-refractivity contribution in [1.29, 1.82) is 0 Å². The highest BCUT2D eigenvalue weighted by Crippen LogP contribution is 2.34. The molecule has 0 aromatic heterocycles. The van der Waals surface area contributed by atoms with E-state index >= 15 is 0 Å².